The lowest BCUT2D eigenvalue weighted by Gasteiger charge is -2.19. The number of hydrogen-bond donors (Lipinski definition) is 0. The lowest BCUT2D eigenvalue weighted by atomic mass is 9.98. The van der Waals surface area contributed by atoms with Crippen LogP contribution in [0.3, 0.4) is 0 Å². The Morgan fingerprint density at radius 1 is 0.769 bits per heavy atom. The van der Waals surface area contributed by atoms with E-state index >= 15 is 0 Å². The third-order valence-corrected chi connectivity index (χ3v) is 7.46. The summed E-state index contributed by atoms with van der Waals surface area (Å²) in [5.74, 6) is 0.925. The Balaban J connectivity index is 1.08. The lowest BCUT2D eigenvalue weighted by Crippen LogP contribution is -2.32. The van der Waals surface area contributed by atoms with Gasteiger partial charge in [-0.05, 0) is 52.8 Å². The second-order valence-corrected chi connectivity index (χ2v) is 10.3. The molecule has 4 rings (SSSR count). The molecule has 5 nitrogen and oxygen atoms in total. The largest absolute Gasteiger partial charge is 0.491 e. The molecule has 3 aromatic rings. The van der Waals surface area contributed by atoms with Crippen molar-refractivity contribution in [1.82, 2.24) is 4.90 Å². The van der Waals surface area contributed by atoms with Crippen molar-refractivity contribution in [2.45, 2.75) is 57.8 Å². The van der Waals surface area contributed by atoms with E-state index in [1.165, 1.54) is 66.3 Å². The smallest absolute Gasteiger partial charge is 0.409 e. The number of likely N-dealkylation sites (N-methyl/N-ethyl adjacent to an activating group) is 1. The Hall–Kier alpha value is -3.31. The van der Waals surface area contributed by atoms with Gasteiger partial charge in [-0.15, -0.1) is 0 Å². The Morgan fingerprint density at radius 3 is 2.10 bits per heavy atom. The molecule has 5 heteroatoms. The number of ether oxygens (including phenoxy) is 3. The fraction of sp³-hybridized carbons (Fsp3) is 0.441. The van der Waals surface area contributed by atoms with Crippen LogP contribution in [-0.2, 0) is 15.9 Å². The van der Waals surface area contributed by atoms with Crippen LogP contribution in [0.25, 0.3) is 11.1 Å². The van der Waals surface area contributed by atoms with E-state index in [9.17, 15) is 4.79 Å². The standard InChI is InChI=1S/C34H43NO4/c1-3-4-5-6-7-8-13-27-18-20-28(21-19-27)38-25-24-37-23-22-35(2)34(36)39-26-33-31-16-11-9-14-29(31)30-15-10-12-17-32(30)33/h9-12,14-21,33H,3-8,13,22-26H2,1-2H3. The zero-order valence-electron chi connectivity index (χ0n) is 23.6. The first-order valence-corrected chi connectivity index (χ1v) is 14.5. The van der Waals surface area contributed by atoms with Crippen LogP contribution in [0.5, 0.6) is 5.75 Å². The van der Waals surface area contributed by atoms with Crippen LogP contribution in [0.15, 0.2) is 72.8 Å². The maximum absolute atomic E-state index is 12.6. The summed E-state index contributed by atoms with van der Waals surface area (Å²) < 4.78 is 17.2. The van der Waals surface area contributed by atoms with Crippen LogP contribution in [0.4, 0.5) is 4.79 Å². The van der Waals surface area contributed by atoms with E-state index in [0.29, 0.717) is 33.0 Å². The van der Waals surface area contributed by atoms with Gasteiger partial charge in [-0.1, -0.05) is 99.7 Å². The molecule has 39 heavy (non-hydrogen) atoms. The molecule has 0 saturated heterocycles. The van der Waals surface area contributed by atoms with E-state index < -0.39 is 0 Å². The van der Waals surface area contributed by atoms with Crippen molar-refractivity contribution in [2.75, 3.05) is 40.0 Å². The number of carbonyl (C=O) groups excluding carboxylic acids is 1. The molecule has 0 atom stereocenters. The highest BCUT2D eigenvalue weighted by molar-refractivity contribution is 5.79. The molecule has 0 aromatic heterocycles. The van der Waals surface area contributed by atoms with Gasteiger partial charge in [-0.2, -0.15) is 0 Å². The summed E-state index contributed by atoms with van der Waals surface area (Å²) in [6.45, 7) is 4.42. The van der Waals surface area contributed by atoms with Crippen molar-refractivity contribution >= 4 is 6.09 Å². The van der Waals surface area contributed by atoms with Gasteiger partial charge in [0.05, 0.1) is 13.2 Å². The van der Waals surface area contributed by atoms with E-state index in [1.54, 1.807) is 11.9 Å². The monoisotopic (exact) mass is 529 g/mol. The highest BCUT2D eigenvalue weighted by Gasteiger charge is 2.29. The van der Waals surface area contributed by atoms with E-state index in [-0.39, 0.29) is 12.0 Å². The molecule has 0 fully saturated rings. The number of aryl methyl sites for hydroxylation is 1. The molecule has 0 unspecified atom stereocenters. The SMILES string of the molecule is CCCCCCCCc1ccc(OCCOCCN(C)C(=O)OCC2c3ccccc3-c3ccccc32)cc1. The van der Waals surface area contributed by atoms with E-state index in [0.717, 1.165) is 12.2 Å². The van der Waals surface area contributed by atoms with Crippen LogP contribution >= 0.6 is 0 Å². The minimum Gasteiger partial charge on any atom is -0.491 e. The Morgan fingerprint density at radius 2 is 1.41 bits per heavy atom. The predicted octanol–water partition coefficient (Wildman–Crippen LogP) is 7.87. The van der Waals surface area contributed by atoms with Gasteiger partial charge in [-0.3, -0.25) is 0 Å². The summed E-state index contributed by atoms with van der Waals surface area (Å²) >= 11 is 0. The molecule has 1 aliphatic rings. The number of amides is 1. The Labute approximate surface area is 234 Å². The molecule has 0 bridgehead atoms. The van der Waals surface area contributed by atoms with Crippen LogP contribution in [0.2, 0.25) is 0 Å². The van der Waals surface area contributed by atoms with Crippen LogP contribution in [-0.4, -0.2) is 51.0 Å². The number of hydrogen-bond acceptors (Lipinski definition) is 4. The lowest BCUT2D eigenvalue weighted by molar-refractivity contribution is 0.0704. The molecule has 1 aliphatic carbocycles. The zero-order chi connectivity index (χ0) is 27.3. The van der Waals surface area contributed by atoms with Crippen LogP contribution < -0.4 is 4.74 Å². The van der Waals surface area contributed by atoms with Gasteiger partial charge in [-0.25, -0.2) is 4.79 Å². The van der Waals surface area contributed by atoms with Gasteiger partial charge in [0, 0.05) is 19.5 Å². The van der Waals surface area contributed by atoms with Gasteiger partial charge in [0.1, 0.15) is 19.0 Å². The van der Waals surface area contributed by atoms with Crippen LogP contribution in [0, 0.1) is 0 Å². The summed E-state index contributed by atoms with van der Waals surface area (Å²) in [5, 5.41) is 0. The molecule has 0 saturated carbocycles. The fourth-order valence-electron chi connectivity index (χ4n) is 5.18. The van der Waals surface area contributed by atoms with Gasteiger partial charge in [0.25, 0.3) is 0 Å². The number of unbranched alkanes of at least 4 members (excludes halogenated alkanes) is 5. The van der Waals surface area contributed by atoms with E-state index in [2.05, 4.69) is 55.5 Å². The first-order valence-electron chi connectivity index (χ1n) is 14.5. The second-order valence-electron chi connectivity index (χ2n) is 10.3. The van der Waals surface area contributed by atoms with E-state index in [4.69, 9.17) is 14.2 Å². The minimum absolute atomic E-state index is 0.0627. The maximum Gasteiger partial charge on any atom is 0.409 e. The third kappa shape index (κ3) is 8.34. The molecular formula is C34H43NO4. The molecular weight excluding hydrogens is 486 g/mol. The summed E-state index contributed by atoms with van der Waals surface area (Å²) in [7, 11) is 1.74. The average molecular weight is 530 g/mol. The predicted molar refractivity (Wildman–Crippen MR) is 158 cm³/mol. The quantitative estimate of drug-likeness (QED) is 0.177. The third-order valence-electron chi connectivity index (χ3n) is 7.46. The number of nitrogens with zero attached hydrogens (tertiary/aromatic N) is 1. The summed E-state index contributed by atoms with van der Waals surface area (Å²) in [4.78, 5) is 14.2. The highest BCUT2D eigenvalue weighted by atomic mass is 16.6. The summed E-state index contributed by atoms with van der Waals surface area (Å²) in [6, 6.07) is 25.1. The molecule has 0 N–H and O–H groups in total. The van der Waals surface area contributed by atoms with Gasteiger partial charge >= 0.3 is 6.09 Å². The van der Waals surface area contributed by atoms with Gasteiger partial charge in [0.15, 0.2) is 0 Å². The average Bonchev–Trinajstić information content (AvgIpc) is 3.29. The number of carbonyl (C=O) groups is 1. The summed E-state index contributed by atoms with van der Waals surface area (Å²) in [6.07, 6.45) is 8.71. The van der Waals surface area contributed by atoms with Crippen molar-refractivity contribution in [2.24, 2.45) is 0 Å². The Bertz CT molecular complexity index is 1110. The molecule has 3 aromatic carbocycles. The van der Waals surface area contributed by atoms with Crippen molar-refractivity contribution in [3.63, 3.8) is 0 Å². The zero-order valence-corrected chi connectivity index (χ0v) is 23.6. The maximum atomic E-state index is 12.6. The second kappa shape index (κ2) is 15.3. The van der Waals surface area contributed by atoms with Gasteiger partial charge < -0.3 is 19.1 Å². The normalized spacial score (nSPS) is 12.2. The molecule has 1 amide bonds. The van der Waals surface area contributed by atoms with E-state index in [1.807, 2.05) is 24.3 Å². The molecule has 0 aliphatic heterocycles. The topological polar surface area (TPSA) is 48.0 Å². The summed E-state index contributed by atoms with van der Waals surface area (Å²) in [5.41, 5.74) is 6.24. The highest BCUT2D eigenvalue weighted by Crippen LogP contribution is 2.44. The first kappa shape index (κ1) is 28.7. The molecule has 0 heterocycles. The van der Waals surface area contributed by atoms with Crippen molar-refractivity contribution in [3.05, 3.63) is 89.5 Å². The molecule has 0 radical (unpaired) electrons. The molecule has 208 valence electrons. The number of rotatable bonds is 16. The van der Waals surface area contributed by atoms with Crippen molar-refractivity contribution < 1.29 is 19.0 Å². The minimum atomic E-state index is -0.335. The molecule has 0 spiro atoms. The Kier molecular flexibility index (Phi) is 11.3. The number of fused-ring (bicyclic) bond motifs is 3. The van der Waals surface area contributed by atoms with Gasteiger partial charge in [0.2, 0.25) is 0 Å². The fourth-order valence-corrected chi connectivity index (χ4v) is 5.18. The van der Waals surface area contributed by atoms with Crippen LogP contribution in [0.1, 0.15) is 68.1 Å². The number of benzene rings is 3. The van der Waals surface area contributed by atoms with Crippen molar-refractivity contribution in [3.8, 4) is 16.9 Å². The first-order chi connectivity index (χ1) is 19.2. The van der Waals surface area contributed by atoms with Crippen molar-refractivity contribution in [1.29, 1.82) is 0 Å².